The lowest BCUT2D eigenvalue weighted by atomic mass is 10.0. The van der Waals surface area contributed by atoms with Crippen molar-refractivity contribution in [3.05, 3.63) is 52.2 Å². The molecule has 0 aliphatic rings. The lowest BCUT2D eigenvalue weighted by Crippen LogP contribution is -2.30. The van der Waals surface area contributed by atoms with Crippen LogP contribution in [0.3, 0.4) is 0 Å². The van der Waals surface area contributed by atoms with E-state index < -0.39 is 0 Å². The summed E-state index contributed by atoms with van der Waals surface area (Å²) in [6.07, 6.45) is 1.53. The molecule has 1 aromatic heterocycles. The van der Waals surface area contributed by atoms with Gasteiger partial charge in [-0.25, -0.2) is 9.48 Å². The number of aryl methyl sites for hydroxylation is 2. The SMILES string of the molecule is CNC(Cn1ncn(C)c1=O)c1cccc(C)c1. The van der Waals surface area contributed by atoms with Crippen LogP contribution < -0.4 is 11.0 Å². The van der Waals surface area contributed by atoms with Crippen LogP contribution in [0.2, 0.25) is 0 Å². The average Bonchev–Trinajstić information content (AvgIpc) is 2.67. The Balaban J connectivity index is 2.25. The molecule has 0 aliphatic carbocycles. The van der Waals surface area contributed by atoms with E-state index in [1.165, 1.54) is 21.1 Å². The fourth-order valence-corrected chi connectivity index (χ4v) is 1.97. The summed E-state index contributed by atoms with van der Waals surface area (Å²) in [5, 5.41) is 7.30. The van der Waals surface area contributed by atoms with Crippen molar-refractivity contribution >= 4 is 0 Å². The van der Waals surface area contributed by atoms with E-state index in [4.69, 9.17) is 0 Å². The van der Waals surface area contributed by atoms with E-state index in [0.29, 0.717) is 6.54 Å². The van der Waals surface area contributed by atoms with Crippen LogP contribution in [0.4, 0.5) is 0 Å². The first-order chi connectivity index (χ1) is 8.61. The number of benzene rings is 1. The molecule has 0 radical (unpaired) electrons. The van der Waals surface area contributed by atoms with Crippen molar-refractivity contribution < 1.29 is 0 Å². The van der Waals surface area contributed by atoms with Gasteiger partial charge in [-0.3, -0.25) is 4.57 Å². The zero-order valence-corrected chi connectivity index (χ0v) is 10.9. The maximum Gasteiger partial charge on any atom is 0.345 e. The molecule has 5 nitrogen and oxygen atoms in total. The Morgan fingerprint density at radius 3 is 2.78 bits per heavy atom. The summed E-state index contributed by atoms with van der Waals surface area (Å²) < 4.78 is 2.95. The van der Waals surface area contributed by atoms with Gasteiger partial charge in [-0.15, -0.1) is 0 Å². The predicted molar refractivity (Wildman–Crippen MR) is 70.4 cm³/mol. The van der Waals surface area contributed by atoms with Crippen molar-refractivity contribution in [2.24, 2.45) is 7.05 Å². The minimum absolute atomic E-state index is 0.0810. The quantitative estimate of drug-likeness (QED) is 0.870. The second-order valence-electron chi connectivity index (χ2n) is 4.46. The molecule has 1 heterocycles. The third-order valence-corrected chi connectivity index (χ3v) is 3.04. The zero-order chi connectivity index (χ0) is 13.1. The van der Waals surface area contributed by atoms with Gasteiger partial charge in [0.1, 0.15) is 6.33 Å². The van der Waals surface area contributed by atoms with E-state index in [-0.39, 0.29) is 11.7 Å². The summed E-state index contributed by atoms with van der Waals surface area (Å²) in [6, 6.07) is 8.34. The van der Waals surface area contributed by atoms with Crippen molar-refractivity contribution in [1.29, 1.82) is 0 Å². The molecule has 0 amide bonds. The summed E-state index contributed by atoms with van der Waals surface area (Å²) in [5.74, 6) is 0. The lowest BCUT2D eigenvalue weighted by molar-refractivity contribution is 0.455. The molecule has 0 bridgehead atoms. The van der Waals surface area contributed by atoms with E-state index in [9.17, 15) is 4.79 Å². The zero-order valence-electron chi connectivity index (χ0n) is 10.9. The molecule has 0 aliphatic heterocycles. The van der Waals surface area contributed by atoms with Crippen LogP contribution in [-0.4, -0.2) is 21.4 Å². The minimum Gasteiger partial charge on any atom is -0.311 e. The molecule has 5 heteroatoms. The molecule has 0 spiro atoms. The topological polar surface area (TPSA) is 51.9 Å². The molecule has 2 rings (SSSR count). The van der Waals surface area contributed by atoms with Crippen molar-refractivity contribution in [2.45, 2.75) is 19.5 Å². The van der Waals surface area contributed by atoms with E-state index in [2.05, 4.69) is 35.5 Å². The first-order valence-electron chi connectivity index (χ1n) is 5.94. The van der Waals surface area contributed by atoms with Crippen molar-refractivity contribution in [1.82, 2.24) is 19.7 Å². The lowest BCUT2D eigenvalue weighted by Gasteiger charge is -2.16. The third kappa shape index (κ3) is 2.51. The van der Waals surface area contributed by atoms with E-state index in [1.54, 1.807) is 7.05 Å². The van der Waals surface area contributed by atoms with Crippen LogP contribution in [0, 0.1) is 6.92 Å². The smallest absolute Gasteiger partial charge is 0.311 e. The number of nitrogens with one attached hydrogen (secondary N) is 1. The van der Waals surface area contributed by atoms with Crippen LogP contribution >= 0.6 is 0 Å². The normalized spacial score (nSPS) is 12.6. The second-order valence-corrected chi connectivity index (χ2v) is 4.46. The van der Waals surface area contributed by atoms with Gasteiger partial charge in [0.25, 0.3) is 0 Å². The maximum atomic E-state index is 11.8. The molecule has 0 saturated carbocycles. The Morgan fingerprint density at radius 1 is 1.44 bits per heavy atom. The van der Waals surface area contributed by atoms with Crippen molar-refractivity contribution in [2.75, 3.05) is 7.05 Å². The van der Waals surface area contributed by atoms with Gasteiger partial charge in [-0.2, -0.15) is 5.10 Å². The van der Waals surface area contributed by atoms with Crippen molar-refractivity contribution in [3.63, 3.8) is 0 Å². The number of likely N-dealkylation sites (N-methyl/N-ethyl adjacent to an activating group) is 1. The summed E-state index contributed by atoms with van der Waals surface area (Å²) in [7, 11) is 3.59. The molecule has 0 fully saturated rings. The molecule has 1 N–H and O–H groups in total. The van der Waals surface area contributed by atoms with Gasteiger partial charge in [0, 0.05) is 7.05 Å². The van der Waals surface area contributed by atoms with Gasteiger partial charge in [0.05, 0.1) is 12.6 Å². The van der Waals surface area contributed by atoms with Crippen LogP contribution in [0.1, 0.15) is 17.2 Å². The predicted octanol–water partition coefficient (Wildman–Crippen LogP) is 0.851. The molecule has 1 aromatic carbocycles. The van der Waals surface area contributed by atoms with Crippen LogP contribution in [0.15, 0.2) is 35.4 Å². The van der Waals surface area contributed by atoms with Gasteiger partial charge >= 0.3 is 5.69 Å². The first-order valence-corrected chi connectivity index (χ1v) is 5.94. The number of nitrogens with zero attached hydrogens (tertiary/aromatic N) is 3. The number of hydrogen-bond donors (Lipinski definition) is 1. The standard InChI is InChI=1S/C13H18N4O/c1-10-5-4-6-11(7-10)12(14-2)8-17-13(18)16(3)9-15-17/h4-7,9,12,14H,8H2,1-3H3. The molecule has 1 unspecified atom stereocenters. The highest BCUT2D eigenvalue weighted by atomic mass is 16.2. The molecule has 0 saturated heterocycles. The highest BCUT2D eigenvalue weighted by molar-refractivity contribution is 5.24. The fourth-order valence-electron chi connectivity index (χ4n) is 1.97. The van der Waals surface area contributed by atoms with Crippen LogP contribution in [0.5, 0.6) is 0 Å². The Bertz CT molecular complexity index is 585. The summed E-state index contributed by atoms with van der Waals surface area (Å²) in [5.41, 5.74) is 2.28. The van der Waals surface area contributed by atoms with E-state index in [1.807, 2.05) is 13.1 Å². The molecule has 1 atom stereocenters. The maximum absolute atomic E-state index is 11.8. The average molecular weight is 246 g/mol. The third-order valence-electron chi connectivity index (χ3n) is 3.04. The molecular weight excluding hydrogens is 228 g/mol. The van der Waals surface area contributed by atoms with Crippen LogP contribution in [0.25, 0.3) is 0 Å². The van der Waals surface area contributed by atoms with E-state index >= 15 is 0 Å². The monoisotopic (exact) mass is 246 g/mol. The largest absolute Gasteiger partial charge is 0.345 e. The summed E-state index contributed by atoms with van der Waals surface area (Å²) in [6.45, 7) is 2.59. The van der Waals surface area contributed by atoms with Crippen LogP contribution in [-0.2, 0) is 13.6 Å². The number of hydrogen-bond acceptors (Lipinski definition) is 3. The Hall–Kier alpha value is -1.88. The summed E-state index contributed by atoms with van der Waals surface area (Å²) in [4.78, 5) is 11.8. The molecule has 18 heavy (non-hydrogen) atoms. The number of rotatable bonds is 4. The first kappa shape index (κ1) is 12.6. The highest BCUT2D eigenvalue weighted by Crippen LogP contribution is 2.15. The van der Waals surface area contributed by atoms with Gasteiger partial charge < -0.3 is 5.32 Å². The summed E-state index contributed by atoms with van der Waals surface area (Å²) >= 11 is 0. The Labute approximate surface area is 106 Å². The molecular formula is C13H18N4O. The Morgan fingerprint density at radius 2 is 2.22 bits per heavy atom. The van der Waals surface area contributed by atoms with Gasteiger partial charge in [0.2, 0.25) is 0 Å². The molecule has 96 valence electrons. The highest BCUT2D eigenvalue weighted by Gasteiger charge is 2.12. The molecule has 2 aromatic rings. The fraction of sp³-hybridized carbons (Fsp3) is 0.385. The van der Waals surface area contributed by atoms with Gasteiger partial charge in [0.15, 0.2) is 0 Å². The minimum atomic E-state index is -0.0945. The Kier molecular flexibility index (Phi) is 3.62. The van der Waals surface area contributed by atoms with Gasteiger partial charge in [-0.05, 0) is 19.5 Å². The number of aromatic nitrogens is 3. The second kappa shape index (κ2) is 5.18. The van der Waals surface area contributed by atoms with Gasteiger partial charge in [-0.1, -0.05) is 29.8 Å². The van der Waals surface area contributed by atoms with E-state index in [0.717, 1.165) is 5.56 Å². The van der Waals surface area contributed by atoms with Crippen molar-refractivity contribution in [3.8, 4) is 0 Å².